The maximum absolute atomic E-state index is 11.9. The van der Waals surface area contributed by atoms with Crippen molar-refractivity contribution in [2.75, 3.05) is 6.54 Å². The lowest BCUT2D eigenvalue weighted by molar-refractivity contribution is -0.120. The lowest BCUT2D eigenvalue weighted by Gasteiger charge is -2.22. The molecule has 1 heterocycles. The molecule has 0 spiro atoms. The molecule has 1 fully saturated rings. The van der Waals surface area contributed by atoms with Gasteiger partial charge in [-0.15, -0.1) is 6.58 Å². The van der Waals surface area contributed by atoms with Crippen LogP contribution in [0.15, 0.2) is 48.2 Å². The van der Waals surface area contributed by atoms with Crippen LogP contribution in [-0.4, -0.2) is 29.3 Å². The van der Waals surface area contributed by atoms with Crippen LogP contribution >= 0.6 is 0 Å². The van der Waals surface area contributed by atoms with Crippen molar-refractivity contribution in [2.45, 2.75) is 44.7 Å². The summed E-state index contributed by atoms with van der Waals surface area (Å²) < 4.78 is 2.12. The first-order valence-electron chi connectivity index (χ1n) is 9.02. The molecule has 0 aliphatic heterocycles. The molecule has 0 radical (unpaired) electrons. The summed E-state index contributed by atoms with van der Waals surface area (Å²) in [6.45, 7) is 4.86. The van der Waals surface area contributed by atoms with Crippen molar-refractivity contribution in [3.63, 3.8) is 0 Å². The first-order valence-corrected chi connectivity index (χ1v) is 9.02. The predicted molar refractivity (Wildman–Crippen MR) is 103 cm³/mol. The highest BCUT2D eigenvalue weighted by molar-refractivity contribution is 5.99. The maximum atomic E-state index is 11.9. The number of carbonyl (C=O) groups excluding carboxylic acids is 1. The number of allylic oxidation sites excluding steroid dienone is 1. The van der Waals surface area contributed by atoms with Gasteiger partial charge in [-0.05, 0) is 18.9 Å². The fourth-order valence-corrected chi connectivity index (χ4v) is 3.43. The van der Waals surface area contributed by atoms with E-state index < -0.39 is 0 Å². The Hall–Kier alpha value is -2.40. The van der Waals surface area contributed by atoms with Crippen LogP contribution in [0, 0.1) is 0 Å². The molecule has 0 unspecified atom stereocenters. The number of fused-ring (bicyclic) bond motifs is 1. The zero-order valence-corrected chi connectivity index (χ0v) is 14.6. The SMILES string of the molecule is C=CCn1cc(/C=N\NC(=O)CNC2CCCCC2)c2ccccc21. The molecule has 5 nitrogen and oxygen atoms in total. The standard InChI is InChI=1S/C20H26N4O/c1-2-12-24-15-16(18-10-6-7-11-19(18)24)13-22-23-20(25)14-21-17-8-4-3-5-9-17/h2,6-7,10-11,13,15,17,21H,1,3-5,8-9,12,14H2,(H,23,25)/b22-13-. The van der Waals surface area contributed by atoms with E-state index in [4.69, 9.17) is 0 Å². The van der Waals surface area contributed by atoms with Crippen LogP contribution in [0.4, 0.5) is 0 Å². The Morgan fingerprint density at radius 3 is 2.88 bits per heavy atom. The number of nitrogens with zero attached hydrogens (tertiary/aromatic N) is 2. The molecule has 1 aliphatic carbocycles. The number of rotatable bonds is 7. The smallest absolute Gasteiger partial charge is 0.254 e. The third-order valence-corrected chi connectivity index (χ3v) is 4.69. The van der Waals surface area contributed by atoms with Crippen LogP contribution in [0.2, 0.25) is 0 Å². The van der Waals surface area contributed by atoms with Crippen LogP contribution in [-0.2, 0) is 11.3 Å². The molecule has 2 aromatic rings. The number of nitrogens with one attached hydrogen (secondary N) is 2. The molecule has 2 N–H and O–H groups in total. The summed E-state index contributed by atoms with van der Waals surface area (Å²) in [5.41, 5.74) is 4.73. The summed E-state index contributed by atoms with van der Waals surface area (Å²) in [6, 6.07) is 8.62. The summed E-state index contributed by atoms with van der Waals surface area (Å²) >= 11 is 0. The normalized spacial score (nSPS) is 15.7. The minimum absolute atomic E-state index is 0.100. The average molecular weight is 338 g/mol. The van der Waals surface area contributed by atoms with Gasteiger partial charge in [-0.3, -0.25) is 4.79 Å². The van der Waals surface area contributed by atoms with Gasteiger partial charge in [-0.1, -0.05) is 43.5 Å². The maximum Gasteiger partial charge on any atom is 0.254 e. The number of hydrogen-bond acceptors (Lipinski definition) is 3. The number of hydrogen-bond donors (Lipinski definition) is 2. The first kappa shape index (κ1) is 17.4. The molecule has 3 rings (SSSR count). The largest absolute Gasteiger partial charge is 0.343 e. The second kappa shape index (κ2) is 8.62. The third kappa shape index (κ3) is 4.57. The molecule has 25 heavy (non-hydrogen) atoms. The first-order chi connectivity index (χ1) is 12.3. The van der Waals surface area contributed by atoms with E-state index in [1.807, 2.05) is 24.4 Å². The Kier molecular flexibility index (Phi) is 6.01. The predicted octanol–water partition coefficient (Wildman–Crippen LogP) is 3.20. The number of carbonyl (C=O) groups is 1. The second-order valence-corrected chi connectivity index (χ2v) is 6.55. The minimum Gasteiger partial charge on any atom is -0.343 e. The van der Waals surface area contributed by atoms with Gasteiger partial charge in [-0.25, -0.2) is 5.43 Å². The van der Waals surface area contributed by atoms with Gasteiger partial charge >= 0.3 is 0 Å². The molecule has 1 aliphatic rings. The summed E-state index contributed by atoms with van der Waals surface area (Å²) in [4.78, 5) is 11.9. The van der Waals surface area contributed by atoms with Crippen LogP contribution < -0.4 is 10.7 Å². The van der Waals surface area contributed by atoms with E-state index in [-0.39, 0.29) is 5.91 Å². The average Bonchev–Trinajstić information content (AvgIpc) is 2.99. The van der Waals surface area contributed by atoms with E-state index in [9.17, 15) is 4.79 Å². The summed E-state index contributed by atoms with van der Waals surface area (Å²) in [6.07, 6.45) is 11.8. The molecular weight excluding hydrogens is 312 g/mol. The van der Waals surface area contributed by atoms with E-state index in [1.54, 1.807) is 6.21 Å². The van der Waals surface area contributed by atoms with E-state index in [1.165, 1.54) is 32.1 Å². The van der Waals surface area contributed by atoms with Crippen molar-refractivity contribution in [3.8, 4) is 0 Å². The highest BCUT2D eigenvalue weighted by Crippen LogP contribution is 2.20. The van der Waals surface area contributed by atoms with Crippen LogP contribution in [0.3, 0.4) is 0 Å². The Balaban J connectivity index is 1.57. The molecule has 5 heteroatoms. The van der Waals surface area contributed by atoms with Crippen molar-refractivity contribution >= 4 is 23.0 Å². The van der Waals surface area contributed by atoms with Gasteiger partial charge in [0, 0.05) is 35.2 Å². The van der Waals surface area contributed by atoms with Crippen LogP contribution in [0.5, 0.6) is 0 Å². The molecule has 1 aromatic heterocycles. The molecule has 132 valence electrons. The monoisotopic (exact) mass is 338 g/mol. The number of benzene rings is 1. The number of amides is 1. The molecule has 1 aromatic carbocycles. The van der Waals surface area contributed by atoms with Gasteiger partial charge in [0.1, 0.15) is 0 Å². The van der Waals surface area contributed by atoms with E-state index in [0.29, 0.717) is 12.6 Å². The molecule has 1 amide bonds. The molecule has 0 atom stereocenters. The quantitative estimate of drug-likeness (QED) is 0.463. The fraction of sp³-hybridized carbons (Fsp3) is 0.400. The van der Waals surface area contributed by atoms with Crippen molar-refractivity contribution in [1.29, 1.82) is 0 Å². The van der Waals surface area contributed by atoms with E-state index in [2.05, 4.69) is 39.1 Å². The minimum atomic E-state index is -0.100. The highest BCUT2D eigenvalue weighted by atomic mass is 16.2. The zero-order chi connectivity index (χ0) is 17.5. The number of hydrazone groups is 1. The lowest BCUT2D eigenvalue weighted by Crippen LogP contribution is -2.38. The summed E-state index contributed by atoms with van der Waals surface area (Å²) in [7, 11) is 0. The summed E-state index contributed by atoms with van der Waals surface area (Å²) in [5, 5.41) is 8.56. The van der Waals surface area contributed by atoms with Gasteiger partial charge in [0.25, 0.3) is 5.91 Å². The fourth-order valence-electron chi connectivity index (χ4n) is 3.43. The Bertz CT molecular complexity index is 756. The van der Waals surface area contributed by atoms with Gasteiger partial charge in [-0.2, -0.15) is 5.10 Å². The van der Waals surface area contributed by atoms with E-state index in [0.717, 1.165) is 23.0 Å². The molecule has 1 saturated carbocycles. The molecule has 0 bridgehead atoms. The van der Waals surface area contributed by atoms with Gasteiger partial charge in [0.15, 0.2) is 0 Å². The molecular formula is C20H26N4O. The number of para-hydroxylation sites is 1. The van der Waals surface area contributed by atoms with Crippen molar-refractivity contribution in [1.82, 2.24) is 15.3 Å². The molecule has 0 saturated heterocycles. The topological polar surface area (TPSA) is 58.4 Å². The van der Waals surface area contributed by atoms with Gasteiger partial charge in [0.2, 0.25) is 0 Å². The van der Waals surface area contributed by atoms with Crippen molar-refractivity contribution < 1.29 is 4.79 Å². The highest BCUT2D eigenvalue weighted by Gasteiger charge is 2.13. The summed E-state index contributed by atoms with van der Waals surface area (Å²) in [5.74, 6) is -0.100. The second-order valence-electron chi connectivity index (χ2n) is 6.55. The van der Waals surface area contributed by atoms with Gasteiger partial charge < -0.3 is 9.88 Å². The van der Waals surface area contributed by atoms with Crippen LogP contribution in [0.25, 0.3) is 10.9 Å². The third-order valence-electron chi connectivity index (χ3n) is 4.69. The Labute approximate surface area is 148 Å². The van der Waals surface area contributed by atoms with Crippen LogP contribution in [0.1, 0.15) is 37.7 Å². The number of aromatic nitrogens is 1. The Morgan fingerprint density at radius 1 is 1.28 bits per heavy atom. The Morgan fingerprint density at radius 2 is 2.08 bits per heavy atom. The zero-order valence-electron chi connectivity index (χ0n) is 14.6. The van der Waals surface area contributed by atoms with Crippen molar-refractivity contribution in [2.24, 2.45) is 5.10 Å². The van der Waals surface area contributed by atoms with Gasteiger partial charge in [0.05, 0.1) is 12.8 Å². The van der Waals surface area contributed by atoms with Crippen molar-refractivity contribution in [3.05, 3.63) is 48.7 Å². The lowest BCUT2D eigenvalue weighted by atomic mass is 9.95. The van der Waals surface area contributed by atoms with E-state index >= 15 is 0 Å².